The standard InChI is InChI=1S/C12H21N4O2/c1-16(2)6-4-10(5-7-16)11-8-15(14-13-11)9-12(17)18-3/h8,10H,4-7,9H2,1-3H3/q+1. The number of nitrogens with zero attached hydrogens (tertiary/aromatic N) is 4. The lowest BCUT2D eigenvalue weighted by molar-refractivity contribution is -0.895. The van der Waals surface area contributed by atoms with Crippen molar-refractivity contribution in [3.05, 3.63) is 11.9 Å². The van der Waals surface area contributed by atoms with Gasteiger partial charge >= 0.3 is 5.97 Å². The molecule has 100 valence electrons. The second kappa shape index (κ2) is 5.06. The van der Waals surface area contributed by atoms with Crippen molar-refractivity contribution in [1.29, 1.82) is 0 Å². The number of carbonyl (C=O) groups is 1. The molecule has 0 bridgehead atoms. The summed E-state index contributed by atoms with van der Waals surface area (Å²) in [6.45, 7) is 2.46. The molecule has 1 fully saturated rings. The summed E-state index contributed by atoms with van der Waals surface area (Å²) >= 11 is 0. The topological polar surface area (TPSA) is 57.0 Å². The van der Waals surface area contributed by atoms with E-state index in [2.05, 4.69) is 29.1 Å². The number of piperidine rings is 1. The molecule has 0 aromatic carbocycles. The molecule has 0 aliphatic carbocycles. The predicted octanol–water partition coefficient (Wildman–Crippen LogP) is 0.405. The highest BCUT2D eigenvalue weighted by Crippen LogP contribution is 2.28. The van der Waals surface area contributed by atoms with Crippen molar-refractivity contribution < 1.29 is 14.0 Å². The number of ether oxygens (including phenoxy) is 1. The number of carbonyl (C=O) groups excluding carboxylic acids is 1. The van der Waals surface area contributed by atoms with Crippen molar-refractivity contribution in [1.82, 2.24) is 15.0 Å². The molecule has 1 aliphatic heterocycles. The van der Waals surface area contributed by atoms with Crippen LogP contribution in [-0.4, -0.2) is 59.7 Å². The molecule has 0 saturated carbocycles. The molecule has 1 aromatic heterocycles. The van der Waals surface area contributed by atoms with Gasteiger partial charge in [0.05, 0.1) is 40.0 Å². The Bertz CT molecular complexity index is 417. The van der Waals surface area contributed by atoms with Gasteiger partial charge in [-0.25, -0.2) is 4.68 Å². The van der Waals surface area contributed by atoms with Crippen LogP contribution in [0.15, 0.2) is 6.20 Å². The van der Waals surface area contributed by atoms with Gasteiger partial charge in [0, 0.05) is 25.0 Å². The molecule has 0 radical (unpaired) electrons. The minimum atomic E-state index is -0.298. The monoisotopic (exact) mass is 253 g/mol. The highest BCUT2D eigenvalue weighted by molar-refractivity contribution is 5.68. The van der Waals surface area contributed by atoms with Gasteiger partial charge in [-0.2, -0.15) is 0 Å². The number of quaternary nitrogens is 1. The van der Waals surface area contributed by atoms with Gasteiger partial charge in [0.25, 0.3) is 0 Å². The Hall–Kier alpha value is -1.43. The summed E-state index contributed by atoms with van der Waals surface area (Å²) < 4.78 is 7.23. The fourth-order valence-electron chi connectivity index (χ4n) is 2.34. The van der Waals surface area contributed by atoms with Crippen LogP contribution in [0.5, 0.6) is 0 Å². The van der Waals surface area contributed by atoms with E-state index in [1.807, 2.05) is 6.20 Å². The van der Waals surface area contributed by atoms with Crippen molar-refractivity contribution in [2.45, 2.75) is 25.3 Å². The van der Waals surface area contributed by atoms with Gasteiger partial charge in [0.2, 0.25) is 0 Å². The van der Waals surface area contributed by atoms with Gasteiger partial charge in [-0.1, -0.05) is 5.21 Å². The molecule has 18 heavy (non-hydrogen) atoms. The second-order valence-corrected chi connectivity index (χ2v) is 5.57. The van der Waals surface area contributed by atoms with E-state index in [0.29, 0.717) is 5.92 Å². The average molecular weight is 253 g/mol. The van der Waals surface area contributed by atoms with E-state index < -0.39 is 0 Å². The van der Waals surface area contributed by atoms with E-state index in [1.165, 1.54) is 7.11 Å². The third-order valence-corrected chi connectivity index (χ3v) is 3.66. The van der Waals surface area contributed by atoms with E-state index in [9.17, 15) is 4.79 Å². The summed E-state index contributed by atoms with van der Waals surface area (Å²) in [5.41, 5.74) is 0.999. The van der Waals surface area contributed by atoms with Crippen molar-refractivity contribution in [2.24, 2.45) is 0 Å². The minimum Gasteiger partial charge on any atom is -0.468 e. The van der Waals surface area contributed by atoms with E-state index >= 15 is 0 Å². The average Bonchev–Trinajstić information content (AvgIpc) is 2.77. The van der Waals surface area contributed by atoms with Crippen LogP contribution in [0.25, 0.3) is 0 Å². The second-order valence-electron chi connectivity index (χ2n) is 5.57. The first-order chi connectivity index (χ1) is 8.50. The number of hydrogen-bond acceptors (Lipinski definition) is 4. The van der Waals surface area contributed by atoms with Crippen LogP contribution in [0.1, 0.15) is 24.5 Å². The fourth-order valence-corrected chi connectivity index (χ4v) is 2.34. The Labute approximate surface area is 107 Å². The smallest absolute Gasteiger partial charge is 0.327 e. The van der Waals surface area contributed by atoms with Crippen molar-refractivity contribution in [3.8, 4) is 0 Å². The van der Waals surface area contributed by atoms with Crippen LogP contribution in [0.2, 0.25) is 0 Å². The highest BCUT2D eigenvalue weighted by atomic mass is 16.5. The van der Waals surface area contributed by atoms with Crippen LogP contribution >= 0.6 is 0 Å². The zero-order valence-corrected chi connectivity index (χ0v) is 11.3. The summed E-state index contributed by atoms with van der Waals surface area (Å²) in [6, 6.07) is 0. The maximum atomic E-state index is 11.1. The van der Waals surface area contributed by atoms with Crippen LogP contribution < -0.4 is 0 Å². The van der Waals surface area contributed by atoms with Gasteiger partial charge in [-0.3, -0.25) is 4.79 Å². The molecule has 0 atom stereocenters. The van der Waals surface area contributed by atoms with Crippen LogP contribution in [0.4, 0.5) is 0 Å². The van der Waals surface area contributed by atoms with Crippen LogP contribution in [0.3, 0.4) is 0 Å². The fraction of sp³-hybridized carbons (Fsp3) is 0.750. The summed E-state index contributed by atoms with van der Waals surface area (Å²) in [4.78, 5) is 11.1. The van der Waals surface area contributed by atoms with Gasteiger partial charge in [-0.05, 0) is 0 Å². The lowest BCUT2D eigenvalue weighted by atomic mass is 9.93. The summed E-state index contributed by atoms with van der Waals surface area (Å²) in [5.74, 6) is 0.176. The molecule has 0 unspecified atom stereocenters. The Morgan fingerprint density at radius 3 is 2.78 bits per heavy atom. The third kappa shape index (κ3) is 3.07. The van der Waals surface area contributed by atoms with E-state index in [0.717, 1.165) is 36.1 Å². The van der Waals surface area contributed by atoms with Gasteiger partial charge in [0.1, 0.15) is 6.54 Å². The highest BCUT2D eigenvalue weighted by Gasteiger charge is 2.28. The van der Waals surface area contributed by atoms with Gasteiger partial charge in [0.15, 0.2) is 0 Å². The van der Waals surface area contributed by atoms with Gasteiger partial charge < -0.3 is 9.22 Å². The molecule has 6 heteroatoms. The Morgan fingerprint density at radius 2 is 2.17 bits per heavy atom. The van der Waals surface area contributed by atoms with E-state index in [-0.39, 0.29) is 12.5 Å². The first-order valence-electron chi connectivity index (χ1n) is 6.29. The number of likely N-dealkylation sites (tertiary alicyclic amines) is 1. The molecule has 0 amide bonds. The molecule has 1 aromatic rings. The molecule has 2 rings (SSSR count). The summed E-state index contributed by atoms with van der Waals surface area (Å²) in [7, 11) is 5.88. The number of rotatable bonds is 3. The van der Waals surface area contributed by atoms with Crippen molar-refractivity contribution in [2.75, 3.05) is 34.3 Å². The maximum absolute atomic E-state index is 11.1. The third-order valence-electron chi connectivity index (χ3n) is 3.66. The molecule has 0 N–H and O–H groups in total. The number of hydrogen-bond donors (Lipinski definition) is 0. The molecule has 6 nitrogen and oxygen atoms in total. The largest absolute Gasteiger partial charge is 0.468 e. The molecular weight excluding hydrogens is 232 g/mol. The summed E-state index contributed by atoms with van der Waals surface area (Å²) in [5, 5.41) is 8.15. The van der Waals surface area contributed by atoms with E-state index in [1.54, 1.807) is 4.68 Å². The van der Waals surface area contributed by atoms with E-state index in [4.69, 9.17) is 0 Å². The first kappa shape index (κ1) is 13.0. The zero-order valence-electron chi connectivity index (χ0n) is 11.3. The minimum absolute atomic E-state index is 0.137. The SMILES string of the molecule is COC(=O)Cn1cc(C2CC[N+](C)(C)CC2)nn1. The zero-order chi connectivity index (χ0) is 13.2. The normalized spacial score (nSPS) is 19.7. The molecule has 1 saturated heterocycles. The lowest BCUT2D eigenvalue weighted by Gasteiger charge is -2.36. The Kier molecular flexibility index (Phi) is 3.65. The summed E-state index contributed by atoms with van der Waals surface area (Å²) in [6.07, 6.45) is 4.13. The van der Waals surface area contributed by atoms with Crippen molar-refractivity contribution >= 4 is 5.97 Å². The van der Waals surface area contributed by atoms with Gasteiger partial charge in [-0.15, -0.1) is 5.10 Å². The predicted molar refractivity (Wildman–Crippen MR) is 65.9 cm³/mol. The quantitative estimate of drug-likeness (QED) is 0.578. The number of methoxy groups -OCH3 is 1. The van der Waals surface area contributed by atoms with Crippen molar-refractivity contribution in [3.63, 3.8) is 0 Å². The molecule has 1 aliphatic rings. The lowest BCUT2D eigenvalue weighted by Crippen LogP contribution is -2.45. The first-order valence-corrected chi connectivity index (χ1v) is 6.29. The molecule has 0 spiro atoms. The van der Waals surface area contributed by atoms with Crippen LogP contribution in [-0.2, 0) is 16.1 Å². The number of aromatic nitrogens is 3. The molecular formula is C12H21N4O2+. The Balaban J connectivity index is 1.96. The molecule has 2 heterocycles. The van der Waals surface area contributed by atoms with Crippen LogP contribution in [0, 0.1) is 0 Å². The number of esters is 1. The maximum Gasteiger partial charge on any atom is 0.327 e. The Morgan fingerprint density at radius 1 is 1.50 bits per heavy atom.